The lowest BCUT2D eigenvalue weighted by atomic mass is 10.2. The van der Waals surface area contributed by atoms with Crippen molar-refractivity contribution in [2.75, 3.05) is 32.7 Å². The third kappa shape index (κ3) is 3.87. The van der Waals surface area contributed by atoms with Gasteiger partial charge in [-0.05, 0) is 37.5 Å². The molecule has 1 saturated heterocycles. The lowest BCUT2D eigenvalue weighted by Crippen LogP contribution is -2.50. The summed E-state index contributed by atoms with van der Waals surface area (Å²) in [6.07, 6.45) is 0.392. The first kappa shape index (κ1) is 17.4. The molecule has 1 aliphatic rings. The SMILES string of the molecule is CC[C@@H](O)CN1CCN(S(=O)(=O)c2cc(C)ccc2C)CC1. The van der Waals surface area contributed by atoms with Crippen molar-refractivity contribution in [3.63, 3.8) is 0 Å². The van der Waals surface area contributed by atoms with Gasteiger partial charge in [0.1, 0.15) is 0 Å². The van der Waals surface area contributed by atoms with E-state index in [1.807, 2.05) is 32.9 Å². The third-order valence-corrected chi connectivity index (χ3v) is 6.27. The van der Waals surface area contributed by atoms with Crippen LogP contribution >= 0.6 is 0 Å². The van der Waals surface area contributed by atoms with Crippen molar-refractivity contribution in [3.8, 4) is 0 Å². The van der Waals surface area contributed by atoms with E-state index in [2.05, 4.69) is 4.90 Å². The number of rotatable bonds is 5. The second kappa shape index (κ2) is 7.08. The molecule has 22 heavy (non-hydrogen) atoms. The van der Waals surface area contributed by atoms with Gasteiger partial charge >= 0.3 is 0 Å². The van der Waals surface area contributed by atoms with E-state index in [1.165, 1.54) is 0 Å². The summed E-state index contributed by atoms with van der Waals surface area (Å²) >= 11 is 0. The van der Waals surface area contributed by atoms with Crippen molar-refractivity contribution in [2.24, 2.45) is 0 Å². The number of benzene rings is 1. The molecule has 1 atom stereocenters. The maximum absolute atomic E-state index is 12.8. The molecule has 1 aromatic rings. The van der Waals surface area contributed by atoms with E-state index in [4.69, 9.17) is 0 Å². The first-order valence-corrected chi connectivity index (χ1v) is 9.26. The normalized spacial score (nSPS) is 19.3. The fourth-order valence-electron chi connectivity index (χ4n) is 2.70. The Bertz CT molecular complexity index is 608. The van der Waals surface area contributed by atoms with Crippen molar-refractivity contribution in [1.29, 1.82) is 0 Å². The van der Waals surface area contributed by atoms with Crippen LogP contribution in [-0.2, 0) is 10.0 Å². The first-order chi connectivity index (χ1) is 10.3. The Morgan fingerprint density at radius 1 is 1.18 bits per heavy atom. The highest BCUT2D eigenvalue weighted by molar-refractivity contribution is 7.89. The summed E-state index contributed by atoms with van der Waals surface area (Å²) in [4.78, 5) is 2.54. The first-order valence-electron chi connectivity index (χ1n) is 7.82. The van der Waals surface area contributed by atoms with Crippen molar-refractivity contribution in [1.82, 2.24) is 9.21 Å². The molecule has 1 N–H and O–H groups in total. The molecule has 2 rings (SSSR count). The minimum atomic E-state index is -3.43. The molecule has 5 nitrogen and oxygen atoms in total. The average molecular weight is 326 g/mol. The fourth-order valence-corrected chi connectivity index (χ4v) is 4.44. The molecule has 0 spiro atoms. The molecule has 0 bridgehead atoms. The molecule has 0 saturated carbocycles. The van der Waals surface area contributed by atoms with Gasteiger partial charge < -0.3 is 5.11 Å². The predicted molar refractivity (Wildman–Crippen MR) is 87.4 cm³/mol. The summed E-state index contributed by atoms with van der Waals surface area (Å²) in [5.41, 5.74) is 1.74. The lowest BCUT2D eigenvalue weighted by Gasteiger charge is -2.35. The smallest absolute Gasteiger partial charge is 0.243 e. The molecule has 1 fully saturated rings. The molecule has 124 valence electrons. The van der Waals surface area contributed by atoms with Crippen LogP contribution in [0.1, 0.15) is 24.5 Å². The van der Waals surface area contributed by atoms with Crippen LogP contribution < -0.4 is 0 Å². The van der Waals surface area contributed by atoms with Gasteiger partial charge in [-0.2, -0.15) is 4.31 Å². The van der Waals surface area contributed by atoms with Crippen molar-refractivity contribution >= 4 is 10.0 Å². The van der Waals surface area contributed by atoms with Gasteiger partial charge in [0.15, 0.2) is 0 Å². The minimum absolute atomic E-state index is 0.331. The van der Waals surface area contributed by atoms with Crippen LogP contribution in [0, 0.1) is 13.8 Å². The van der Waals surface area contributed by atoms with Crippen LogP contribution in [-0.4, -0.2) is 61.6 Å². The number of β-amino-alcohol motifs (C(OH)–C–C–N with tert-alkyl or cyclic N) is 1. The third-order valence-electron chi connectivity index (χ3n) is 4.23. The van der Waals surface area contributed by atoms with Gasteiger partial charge in [0.05, 0.1) is 11.0 Å². The van der Waals surface area contributed by atoms with Gasteiger partial charge in [0.25, 0.3) is 0 Å². The number of piperazine rings is 1. The summed E-state index contributed by atoms with van der Waals surface area (Å²) in [5, 5.41) is 9.71. The highest BCUT2D eigenvalue weighted by Gasteiger charge is 2.29. The number of aliphatic hydroxyl groups excluding tert-OH is 1. The fraction of sp³-hybridized carbons (Fsp3) is 0.625. The lowest BCUT2D eigenvalue weighted by molar-refractivity contribution is 0.0896. The molecule has 0 amide bonds. The molecule has 0 unspecified atom stereocenters. The summed E-state index contributed by atoms with van der Waals surface area (Å²) in [5.74, 6) is 0. The standard InChI is InChI=1S/C16H26N2O3S/c1-4-15(19)12-17-7-9-18(10-8-17)22(20,21)16-11-13(2)5-6-14(16)3/h5-6,11,15,19H,4,7-10,12H2,1-3H3/t15-/m1/s1. The van der Waals surface area contributed by atoms with Crippen LogP contribution in [0.4, 0.5) is 0 Å². The van der Waals surface area contributed by atoms with E-state index < -0.39 is 10.0 Å². The van der Waals surface area contributed by atoms with E-state index >= 15 is 0 Å². The minimum Gasteiger partial charge on any atom is -0.392 e. The average Bonchev–Trinajstić information content (AvgIpc) is 2.50. The second-order valence-corrected chi connectivity index (χ2v) is 7.94. The Morgan fingerprint density at radius 3 is 2.41 bits per heavy atom. The number of sulfonamides is 1. The molecular weight excluding hydrogens is 300 g/mol. The maximum atomic E-state index is 12.8. The quantitative estimate of drug-likeness (QED) is 0.888. The highest BCUT2D eigenvalue weighted by atomic mass is 32.2. The van der Waals surface area contributed by atoms with Crippen molar-refractivity contribution in [3.05, 3.63) is 29.3 Å². The molecule has 6 heteroatoms. The van der Waals surface area contributed by atoms with Crippen LogP contribution in [0.25, 0.3) is 0 Å². The predicted octanol–water partition coefficient (Wildman–Crippen LogP) is 1.38. The van der Waals surface area contributed by atoms with E-state index in [-0.39, 0.29) is 6.10 Å². The van der Waals surface area contributed by atoms with E-state index in [0.717, 1.165) is 17.5 Å². The summed E-state index contributed by atoms with van der Waals surface area (Å²) in [7, 11) is -3.43. The van der Waals surface area contributed by atoms with E-state index in [9.17, 15) is 13.5 Å². The number of aliphatic hydroxyl groups is 1. The molecular formula is C16H26N2O3S. The molecule has 1 aliphatic heterocycles. The van der Waals surface area contributed by atoms with Crippen LogP contribution in [0.5, 0.6) is 0 Å². The number of aryl methyl sites for hydroxylation is 2. The Balaban J connectivity index is 2.08. The zero-order chi connectivity index (χ0) is 16.3. The number of hydrogen-bond acceptors (Lipinski definition) is 4. The van der Waals surface area contributed by atoms with Crippen molar-refractivity contribution in [2.45, 2.75) is 38.2 Å². The molecule has 0 aliphatic carbocycles. The van der Waals surface area contributed by atoms with Gasteiger partial charge in [0.2, 0.25) is 10.0 Å². The second-order valence-electron chi connectivity index (χ2n) is 6.04. The van der Waals surface area contributed by atoms with Crippen LogP contribution in [0.2, 0.25) is 0 Å². The topological polar surface area (TPSA) is 60.9 Å². The molecule has 1 aromatic carbocycles. The van der Waals surface area contributed by atoms with Crippen molar-refractivity contribution < 1.29 is 13.5 Å². The molecule has 0 aromatic heterocycles. The van der Waals surface area contributed by atoms with Crippen LogP contribution in [0.15, 0.2) is 23.1 Å². The van der Waals surface area contributed by atoms with E-state index in [1.54, 1.807) is 10.4 Å². The highest BCUT2D eigenvalue weighted by Crippen LogP contribution is 2.22. The van der Waals surface area contributed by atoms with Gasteiger partial charge in [-0.1, -0.05) is 19.1 Å². The summed E-state index contributed by atoms with van der Waals surface area (Å²) in [6.45, 7) is 8.60. The zero-order valence-corrected chi connectivity index (χ0v) is 14.4. The van der Waals surface area contributed by atoms with Gasteiger partial charge in [-0.3, -0.25) is 4.90 Å². The maximum Gasteiger partial charge on any atom is 0.243 e. The van der Waals surface area contributed by atoms with E-state index in [0.29, 0.717) is 37.6 Å². The Hall–Kier alpha value is -0.950. The number of nitrogens with zero attached hydrogens (tertiary/aromatic N) is 2. The molecule has 1 heterocycles. The molecule has 0 radical (unpaired) electrons. The Kier molecular flexibility index (Phi) is 5.60. The largest absolute Gasteiger partial charge is 0.392 e. The summed E-state index contributed by atoms with van der Waals surface area (Å²) < 4.78 is 27.2. The number of hydrogen-bond donors (Lipinski definition) is 1. The summed E-state index contributed by atoms with van der Waals surface area (Å²) in [6, 6.07) is 5.53. The van der Waals surface area contributed by atoms with Crippen LogP contribution in [0.3, 0.4) is 0 Å². The van der Waals surface area contributed by atoms with Gasteiger partial charge in [-0.25, -0.2) is 8.42 Å². The van der Waals surface area contributed by atoms with Gasteiger partial charge in [0, 0.05) is 32.7 Å². The Morgan fingerprint density at radius 2 is 1.82 bits per heavy atom. The monoisotopic (exact) mass is 326 g/mol. The zero-order valence-electron chi connectivity index (χ0n) is 13.6. The Labute approximate surface area is 133 Å². The van der Waals surface area contributed by atoms with Gasteiger partial charge in [-0.15, -0.1) is 0 Å².